The second kappa shape index (κ2) is 7.22. The number of hydrogen-bond acceptors (Lipinski definition) is 3. The van der Waals surface area contributed by atoms with Gasteiger partial charge >= 0.3 is 5.97 Å². The first-order valence-electron chi connectivity index (χ1n) is 7.41. The Bertz CT molecular complexity index is 516. The normalized spacial score (nSPS) is 18.5. The molecule has 5 nitrogen and oxygen atoms in total. The molecule has 0 spiro atoms. The van der Waals surface area contributed by atoms with Crippen LogP contribution in [0.2, 0.25) is 0 Å². The first kappa shape index (κ1) is 15.5. The Morgan fingerprint density at radius 3 is 2.81 bits per heavy atom. The number of nitrogens with zero attached hydrogens (tertiary/aromatic N) is 1. The van der Waals surface area contributed by atoms with E-state index in [-0.39, 0.29) is 18.2 Å². The van der Waals surface area contributed by atoms with E-state index < -0.39 is 5.97 Å². The van der Waals surface area contributed by atoms with E-state index in [0.717, 1.165) is 18.4 Å². The summed E-state index contributed by atoms with van der Waals surface area (Å²) in [5.41, 5.74) is 7.25. The van der Waals surface area contributed by atoms with Crippen molar-refractivity contribution in [2.45, 2.75) is 25.7 Å². The fourth-order valence-electron chi connectivity index (χ4n) is 2.94. The highest BCUT2D eigenvalue weighted by atomic mass is 16.4. The number of carbonyl (C=O) groups excluding carboxylic acids is 1. The van der Waals surface area contributed by atoms with Gasteiger partial charge in [0.05, 0.1) is 0 Å². The molecular formula is C16H22N2O3. The molecule has 1 saturated heterocycles. The maximum absolute atomic E-state index is 12.7. The molecule has 0 radical (unpaired) electrons. The van der Waals surface area contributed by atoms with Crippen molar-refractivity contribution in [2.24, 2.45) is 11.7 Å². The number of hydrogen-bond donors (Lipinski definition) is 2. The van der Waals surface area contributed by atoms with Crippen molar-refractivity contribution in [3.05, 3.63) is 35.4 Å². The third kappa shape index (κ3) is 4.04. The SMILES string of the molecule is NCCc1ccccc1C(=O)N1CCCC(CC(=O)O)C1. The number of rotatable bonds is 5. The number of likely N-dealkylation sites (tertiary alicyclic amines) is 1. The molecule has 1 aromatic carbocycles. The van der Waals surface area contributed by atoms with Crippen LogP contribution in [0.5, 0.6) is 0 Å². The molecule has 1 atom stereocenters. The van der Waals surface area contributed by atoms with Crippen LogP contribution in [-0.2, 0) is 11.2 Å². The maximum Gasteiger partial charge on any atom is 0.303 e. The van der Waals surface area contributed by atoms with Crippen LogP contribution < -0.4 is 5.73 Å². The maximum atomic E-state index is 12.7. The molecule has 0 saturated carbocycles. The minimum atomic E-state index is -0.794. The minimum Gasteiger partial charge on any atom is -0.481 e. The predicted octanol–water partition coefficient (Wildman–Crippen LogP) is 1.51. The van der Waals surface area contributed by atoms with Gasteiger partial charge in [-0.05, 0) is 43.4 Å². The van der Waals surface area contributed by atoms with Crippen LogP contribution in [0.1, 0.15) is 35.2 Å². The van der Waals surface area contributed by atoms with E-state index in [2.05, 4.69) is 0 Å². The Labute approximate surface area is 124 Å². The summed E-state index contributed by atoms with van der Waals surface area (Å²) in [7, 11) is 0. The molecule has 0 aliphatic carbocycles. The Balaban J connectivity index is 2.10. The summed E-state index contributed by atoms with van der Waals surface area (Å²) in [6.07, 6.45) is 2.55. The van der Waals surface area contributed by atoms with Crippen molar-refractivity contribution in [3.8, 4) is 0 Å². The average Bonchev–Trinajstić information content (AvgIpc) is 2.47. The van der Waals surface area contributed by atoms with Gasteiger partial charge in [-0.1, -0.05) is 18.2 Å². The van der Waals surface area contributed by atoms with Crippen LogP contribution in [0.25, 0.3) is 0 Å². The molecule has 1 heterocycles. The zero-order chi connectivity index (χ0) is 15.2. The van der Waals surface area contributed by atoms with E-state index in [9.17, 15) is 9.59 Å². The summed E-state index contributed by atoms with van der Waals surface area (Å²) in [6.45, 7) is 1.74. The average molecular weight is 290 g/mol. The van der Waals surface area contributed by atoms with Gasteiger partial charge in [0.25, 0.3) is 5.91 Å². The summed E-state index contributed by atoms with van der Waals surface area (Å²) in [5.74, 6) is -0.742. The Kier molecular flexibility index (Phi) is 5.33. The van der Waals surface area contributed by atoms with E-state index in [0.29, 0.717) is 31.6 Å². The van der Waals surface area contributed by atoms with Crippen molar-refractivity contribution in [3.63, 3.8) is 0 Å². The zero-order valence-electron chi connectivity index (χ0n) is 12.1. The number of carbonyl (C=O) groups is 2. The Morgan fingerprint density at radius 1 is 1.33 bits per heavy atom. The van der Waals surface area contributed by atoms with E-state index >= 15 is 0 Å². The molecule has 0 bridgehead atoms. The molecule has 1 fully saturated rings. The smallest absolute Gasteiger partial charge is 0.303 e. The largest absolute Gasteiger partial charge is 0.481 e. The molecule has 2 rings (SSSR count). The summed E-state index contributed by atoms with van der Waals surface area (Å²) < 4.78 is 0. The molecule has 3 N–H and O–H groups in total. The van der Waals surface area contributed by atoms with Gasteiger partial charge in [-0.2, -0.15) is 0 Å². The predicted molar refractivity (Wildman–Crippen MR) is 80.1 cm³/mol. The molecule has 5 heteroatoms. The van der Waals surface area contributed by atoms with Crippen LogP contribution in [0, 0.1) is 5.92 Å². The highest BCUT2D eigenvalue weighted by Gasteiger charge is 2.26. The van der Waals surface area contributed by atoms with Crippen molar-refractivity contribution in [2.75, 3.05) is 19.6 Å². The molecule has 1 aromatic rings. The van der Waals surface area contributed by atoms with Crippen LogP contribution >= 0.6 is 0 Å². The topological polar surface area (TPSA) is 83.6 Å². The van der Waals surface area contributed by atoms with Crippen LogP contribution in [0.15, 0.2) is 24.3 Å². The summed E-state index contributed by atoms with van der Waals surface area (Å²) in [4.78, 5) is 25.3. The second-order valence-corrected chi connectivity index (χ2v) is 5.55. The van der Waals surface area contributed by atoms with Crippen LogP contribution in [-0.4, -0.2) is 41.5 Å². The van der Waals surface area contributed by atoms with E-state index in [4.69, 9.17) is 10.8 Å². The van der Waals surface area contributed by atoms with Gasteiger partial charge in [0, 0.05) is 25.1 Å². The van der Waals surface area contributed by atoms with E-state index in [1.807, 2.05) is 24.3 Å². The van der Waals surface area contributed by atoms with Gasteiger partial charge in [0.15, 0.2) is 0 Å². The third-order valence-electron chi connectivity index (χ3n) is 3.93. The highest BCUT2D eigenvalue weighted by Crippen LogP contribution is 2.22. The first-order valence-corrected chi connectivity index (χ1v) is 7.41. The van der Waals surface area contributed by atoms with Gasteiger partial charge in [-0.25, -0.2) is 0 Å². The second-order valence-electron chi connectivity index (χ2n) is 5.55. The van der Waals surface area contributed by atoms with Crippen molar-refractivity contribution in [1.29, 1.82) is 0 Å². The lowest BCUT2D eigenvalue weighted by atomic mass is 9.93. The van der Waals surface area contributed by atoms with Crippen LogP contribution in [0.4, 0.5) is 0 Å². The number of nitrogens with two attached hydrogens (primary N) is 1. The number of carboxylic acid groups (broad SMARTS) is 1. The molecule has 1 amide bonds. The first-order chi connectivity index (χ1) is 10.1. The van der Waals surface area contributed by atoms with Gasteiger partial charge in [-0.15, -0.1) is 0 Å². The van der Waals surface area contributed by atoms with Crippen molar-refractivity contribution < 1.29 is 14.7 Å². The van der Waals surface area contributed by atoms with Gasteiger partial charge in [-0.3, -0.25) is 9.59 Å². The lowest BCUT2D eigenvalue weighted by Crippen LogP contribution is -2.40. The molecule has 1 unspecified atom stereocenters. The third-order valence-corrected chi connectivity index (χ3v) is 3.93. The highest BCUT2D eigenvalue weighted by molar-refractivity contribution is 5.95. The number of aliphatic carboxylic acids is 1. The molecule has 0 aromatic heterocycles. The summed E-state index contributed by atoms with van der Waals surface area (Å²) in [5, 5.41) is 8.90. The molecule has 1 aliphatic rings. The van der Waals surface area contributed by atoms with E-state index in [1.165, 1.54) is 0 Å². The molecular weight excluding hydrogens is 268 g/mol. The van der Waals surface area contributed by atoms with Gasteiger partial charge in [0.1, 0.15) is 0 Å². The molecule has 21 heavy (non-hydrogen) atoms. The fraction of sp³-hybridized carbons (Fsp3) is 0.500. The van der Waals surface area contributed by atoms with Crippen LogP contribution in [0.3, 0.4) is 0 Å². The number of benzene rings is 1. The fourth-order valence-corrected chi connectivity index (χ4v) is 2.94. The number of amides is 1. The summed E-state index contributed by atoms with van der Waals surface area (Å²) in [6, 6.07) is 7.52. The van der Waals surface area contributed by atoms with Crippen molar-refractivity contribution >= 4 is 11.9 Å². The zero-order valence-corrected chi connectivity index (χ0v) is 12.1. The van der Waals surface area contributed by atoms with E-state index in [1.54, 1.807) is 4.90 Å². The lowest BCUT2D eigenvalue weighted by molar-refractivity contribution is -0.138. The molecule has 114 valence electrons. The quantitative estimate of drug-likeness (QED) is 0.861. The Hall–Kier alpha value is -1.88. The lowest BCUT2D eigenvalue weighted by Gasteiger charge is -2.32. The number of carboxylic acids is 1. The Morgan fingerprint density at radius 2 is 2.10 bits per heavy atom. The number of piperidine rings is 1. The van der Waals surface area contributed by atoms with Gasteiger partial charge in [0.2, 0.25) is 0 Å². The van der Waals surface area contributed by atoms with Gasteiger partial charge < -0.3 is 15.7 Å². The van der Waals surface area contributed by atoms with Crippen molar-refractivity contribution in [1.82, 2.24) is 4.90 Å². The monoisotopic (exact) mass is 290 g/mol. The standard InChI is InChI=1S/C16H22N2O3/c17-8-7-13-5-1-2-6-14(13)16(21)18-9-3-4-12(11-18)10-15(19)20/h1-2,5-6,12H,3-4,7-11,17H2,(H,19,20). The molecule has 1 aliphatic heterocycles. The minimum absolute atomic E-state index is 0.00543. The summed E-state index contributed by atoms with van der Waals surface area (Å²) >= 11 is 0.